The first-order chi connectivity index (χ1) is 11.1. The molecule has 0 fully saturated rings. The first-order valence-electron chi connectivity index (χ1n) is 7.80. The van der Waals surface area contributed by atoms with Crippen molar-refractivity contribution < 1.29 is 9.59 Å². The SMILES string of the molecule is CN(CC(=O)c1ccc2c(c1)CCC(=O)N2)Cc1ccccc1. The van der Waals surface area contributed by atoms with E-state index in [1.807, 2.05) is 42.3 Å². The zero-order valence-electron chi connectivity index (χ0n) is 13.2. The Morgan fingerprint density at radius 2 is 1.91 bits per heavy atom. The molecule has 4 heteroatoms. The molecule has 2 aromatic rings. The van der Waals surface area contributed by atoms with Crippen molar-refractivity contribution in [3.8, 4) is 0 Å². The van der Waals surface area contributed by atoms with E-state index in [4.69, 9.17) is 0 Å². The van der Waals surface area contributed by atoms with E-state index in [1.165, 1.54) is 5.56 Å². The van der Waals surface area contributed by atoms with Crippen molar-refractivity contribution in [2.45, 2.75) is 19.4 Å². The van der Waals surface area contributed by atoms with Gasteiger partial charge in [0.2, 0.25) is 5.91 Å². The number of rotatable bonds is 5. The van der Waals surface area contributed by atoms with Crippen molar-refractivity contribution >= 4 is 17.4 Å². The van der Waals surface area contributed by atoms with Crippen LogP contribution in [0.15, 0.2) is 48.5 Å². The summed E-state index contributed by atoms with van der Waals surface area (Å²) in [5, 5.41) is 2.84. The first-order valence-corrected chi connectivity index (χ1v) is 7.80. The quantitative estimate of drug-likeness (QED) is 0.864. The Balaban J connectivity index is 1.65. The molecule has 1 aliphatic rings. The van der Waals surface area contributed by atoms with E-state index in [-0.39, 0.29) is 11.7 Å². The average Bonchev–Trinajstić information content (AvgIpc) is 2.55. The van der Waals surface area contributed by atoms with Crippen LogP contribution in [-0.4, -0.2) is 30.2 Å². The molecule has 2 aromatic carbocycles. The van der Waals surface area contributed by atoms with Crippen LogP contribution < -0.4 is 5.32 Å². The van der Waals surface area contributed by atoms with Crippen molar-refractivity contribution in [1.29, 1.82) is 0 Å². The molecule has 23 heavy (non-hydrogen) atoms. The van der Waals surface area contributed by atoms with Gasteiger partial charge in [-0.05, 0) is 42.8 Å². The third kappa shape index (κ3) is 3.85. The van der Waals surface area contributed by atoms with E-state index in [0.717, 1.165) is 17.8 Å². The molecule has 1 N–H and O–H groups in total. The number of benzene rings is 2. The molecule has 0 unspecified atom stereocenters. The summed E-state index contributed by atoms with van der Waals surface area (Å²) in [6.07, 6.45) is 1.18. The Morgan fingerprint density at radius 1 is 1.13 bits per heavy atom. The Labute approximate surface area is 136 Å². The molecule has 0 aliphatic carbocycles. The fraction of sp³-hybridized carbons (Fsp3) is 0.263. The maximum atomic E-state index is 12.5. The Hall–Kier alpha value is -2.46. The maximum absolute atomic E-state index is 12.5. The van der Waals surface area contributed by atoms with E-state index in [1.54, 1.807) is 6.07 Å². The standard InChI is InChI=1S/C19H20N2O2/c1-21(12-14-5-3-2-4-6-14)13-18(22)16-7-9-17-15(11-16)8-10-19(23)20-17/h2-7,9,11H,8,10,12-13H2,1H3,(H,20,23). The Morgan fingerprint density at radius 3 is 2.70 bits per heavy atom. The van der Waals surface area contributed by atoms with Crippen molar-refractivity contribution in [3.63, 3.8) is 0 Å². The summed E-state index contributed by atoms with van der Waals surface area (Å²) in [7, 11) is 1.95. The van der Waals surface area contributed by atoms with Crippen molar-refractivity contribution in [1.82, 2.24) is 4.90 Å². The van der Waals surface area contributed by atoms with E-state index < -0.39 is 0 Å². The number of carbonyl (C=O) groups is 2. The second kappa shape index (κ2) is 6.75. The summed E-state index contributed by atoms with van der Waals surface area (Å²) >= 11 is 0. The van der Waals surface area contributed by atoms with Gasteiger partial charge in [-0.1, -0.05) is 30.3 Å². The summed E-state index contributed by atoms with van der Waals surface area (Å²) in [6.45, 7) is 1.12. The van der Waals surface area contributed by atoms with Gasteiger partial charge < -0.3 is 5.32 Å². The molecule has 118 valence electrons. The first kappa shape index (κ1) is 15.4. The predicted octanol–water partition coefficient (Wildman–Crippen LogP) is 2.89. The number of Topliss-reactive ketones (excluding diaryl/α,β-unsaturated/α-hetero) is 1. The molecule has 3 rings (SSSR count). The lowest BCUT2D eigenvalue weighted by Gasteiger charge is -2.19. The second-order valence-corrected chi connectivity index (χ2v) is 6.00. The van der Waals surface area contributed by atoms with Gasteiger partial charge in [-0.15, -0.1) is 0 Å². The van der Waals surface area contributed by atoms with Gasteiger partial charge in [0.1, 0.15) is 0 Å². The van der Waals surface area contributed by atoms with Gasteiger partial charge >= 0.3 is 0 Å². The Bertz CT molecular complexity index is 725. The minimum absolute atomic E-state index is 0.0409. The van der Waals surface area contributed by atoms with Crippen LogP contribution in [-0.2, 0) is 17.8 Å². The number of fused-ring (bicyclic) bond motifs is 1. The highest BCUT2D eigenvalue weighted by Gasteiger charge is 2.17. The molecule has 1 heterocycles. The summed E-state index contributed by atoms with van der Waals surface area (Å²) in [5.41, 5.74) is 3.77. The number of amides is 1. The molecule has 4 nitrogen and oxygen atoms in total. The number of likely N-dealkylation sites (N-methyl/N-ethyl adjacent to an activating group) is 1. The molecular weight excluding hydrogens is 288 g/mol. The Kier molecular flexibility index (Phi) is 4.53. The van der Waals surface area contributed by atoms with Crippen molar-refractivity contribution in [3.05, 3.63) is 65.2 Å². The number of nitrogens with zero attached hydrogens (tertiary/aromatic N) is 1. The molecule has 0 radical (unpaired) electrons. The molecule has 0 saturated heterocycles. The number of ketones is 1. The van der Waals surface area contributed by atoms with E-state index in [2.05, 4.69) is 17.4 Å². The van der Waals surface area contributed by atoms with Crippen molar-refractivity contribution in [2.24, 2.45) is 0 Å². The smallest absolute Gasteiger partial charge is 0.224 e. The summed E-state index contributed by atoms with van der Waals surface area (Å²) in [4.78, 5) is 25.9. The highest BCUT2D eigenvalue weighted by Crippen LogP contribution is 2.23. The number of hydrogen-bond donors (Lipinski definition) is 1. The zero-order valence-corrected chi connectivity index (χ0v) is 13.2. The second-order valence-electron chi connectivity index (χ2n) is 6.00. The van der Waals surface area contributed by atoms with Crippen LogP contribution in [0.3, 0.4) is 0 Å². The van der Waals surface area contributed by atoms with Gasteiger partial charge in [0, 0.05) is 24.2 Å². The minimum Gasteiger partial charge on any atom is -0.326 e. The monoisotopic (exact) mass is 308 g/mol. The van der Waals surface area contributed by atoms with Crippen LogP contribution in [0.5, 0.6) is 0 Å². The molecular formula is C19H20N2O2. The van der Waals surface area contributed by atoms with Crippen LogP contribution in [0.4, 0.5) is 5.69 Å². The number of aryl methyl sites for hydroxylation is 1. The molecule has 0 aromatic heterocycles. The largest absolute Gasteiger partial charge is 0.326 e. The van der Waals surface area contributed by atoms with Crippen molar-refractivity contribution in [2.75, 3.05) is 18.9 Å². The van der Waals surface area contributed by atoms with Gasteiger partial charge in [0.15, 0.2) is 5.78 Å². The van der Waals surface area contributed by atoms with Crippen LogP contribution >= 0.6 is 0 Å². The predicted molar refractivity (Wildman–Crippen MR) is 90.5 cm³/mol. The fourth-order valence-electron chi connectivity index (χ4n) is 2.84. The number of carbonyl (C=O) groups excluding carboxylic acids is 2. The van der Waals surface area contributed by atoms with Gasteiger partial charge in [0.25, 0.3) is 0 Å². The molecule has 0 bridgehead atoms. The molecule has 0 atom stereocenters. The molecule has 1 amide bonds. The van der Waals surface area contributed by atoms with Gasteiger partial charge in [-0.2, -0.15) is 0 Å². The number of anilines is 1. The van der Waals surface area contributed by atoms with Gasteiger partial charge in [-0.25, -0.2) is 0 Å². The third-order valence-corrected chi connectivity index (χ3v) is 4.03. The summed E-state index contributed by atoms with van der Waals surface area (Å²) in [5.74, 6) is 0.141. The van der Waals surface area contributed by atoms with E-state index in [9.17, 15) is 9.59 Å². The fourth-order valence-corrected chi connectivity index (χ4v) is 2.84. The van der Waals surface area contributed by atoms with E-state index in [0.29, 0.717) is 24.9 Å². The normalized spacial score (nSPS) is 13.6. The lowest BCUT2D eigenvalue weighted by atomic mass is 9.98. The highest BCUT2D eigenvalue weighted by atomic mass is 16.1. The third-order valence-electron chi connectivity index (χ3n) is 4.03. The highest BCUT2D eigenvalue weighted by molar-refractivity contribution is 6.00. The van der Waals surface area contributed by atoms with E-state index >= 15 is 0 Å². The summed E-state index contributed by atoms with van der Waals surface area (Å²) in [6, 6.07) is 15.6. The van der Waals surface area contributed by atoms with Gasteiger partial charge in [0.05, 0.1) is 6.54 Å². The molecule has 0 spiro atoms. The maximum Gasteiger partial charge on any atom is 0.224 e. The minimum atomic E-state index is 0.0409. The topological polar surface area (TPSA) is 49.4 Å². The van der Waals surface area contributed by atoms with Crippen LogP contribution in [0.2, 0.25) is 0 Å². The lowest BCUT2D eigenvalue weighted by molar-refractivity contribution is -0.116. The van der Waals surface area contributed by atoms with Crippen LogP contribution in [0.1, 0.15) is 27.9 Å². The van der Waals surface area contributed by atoms with Crippen LogP contribution in [0.25, 0.3) is 0 Å². The lowest BCUT2D eigenvalue weighted by Crippen LogP contribution is -2.26. The summed E-state index contributed by atoms with van der Waals surface area (Å²) < 4.78 is 0. The average molecular weight is 308 g/mol. The van der Waals surface area contributed by atoms with Crippen LogP contribution in [0, 0.1) is 0 Å². The molecule has 0 saturated carbocycles. The zero-order chi connectivity index (χ0) is 16.2. The van der Waals surface area contributed by atoms with Gasteiger partial charge in [-0.3, -0.25) is 14.5 Å². The number of nitrogens with one attached hydrogen (secondary N) is 1. The number of hydrogen-bond acceptors (Lipinski definition) is 3. The molecule has 1 aliphatic heterocycles.